The van der Waals surface area contributed by atoms with E-state index in [1.807, 2.05) is 13.0 Å². The Balaban J connectivity index is 1.93. The van der Waals surface area contributed by atoms with Crippen molar-refractivity contribution in [2.24, 2.45) is 0 Å². The van der Waals surface area contributed by atoms with E-state index in [9.17, 15) is 13.2 Å². The number of hydrogen-bond donors (Lipinski definition) is 0. The average molecular weight is 287 g/mol. The van der Waals surface area contributed by atoms with E-state index in [1.54, 1.807) is 6.07 Å². The molecule has 2 fully saturated rings. The smallest absolute Gasteiger partial charge is 0.324 e. The van der Waals surface area contributed by atoms with E-state index in [0.717, 1.165) is 11.3 Å². The van der Waals surface area contributed by atoms with Crippen molar-refractivity contribution in [3.05, 3.63) is 17.0 Å². The van der Waals surface area contributed by atoms with E-state index in [1.165, 1.54) is 15.6 Å². The zero-order valence-electron chi connectivity index (χ0n) is 9.83. The topological polar surface area (TPSA) is 63.7 Å². The van der Waals surface area contributed by atoms with Crippen LogP contribution in [0.4, 0.5) is 0 Å². The Morgan fingerprint density at radius 3 is 2.83 bits per heavy atom. The fourth-order valence-electron chi connectivity index (χ4n) is 2.38. The Morgan fingerprint density at radius 2 is 2.28 bits per heavy atom. The lowest BCUT2D eigenvalue weighted by atomic mass is 10.2. The van der Waals surface area contributed by atoms with Gasteiger partial charge in [0.1, 0.15) is 16.4 Å². The number of sulfonamides is 1. The normalized spacial score (nSPS) is 27.7. The average Bonchev–Trinajstić information content (AvgIpc) is 3.02. The highest BCUT2D eigenvalue weighted by Crippen LogP contribution is 2.35. The van der Waals surface area contributed by atoms with E-state index < -0.39 is 22.0 Å². The van der Waals surface area contributed by atoms with Crippen molar-refractivity contribution in [3.8, 4) is 0 Å². The summed E-state index contributed by atoms with van der Waals surface area (Å²) in [5.41, 5.74) is 0. The van der Waals surface area contributed by atoms with Gasteiger partial charge in [-0.25, -0.2) is 8.42 Å². The van der Waals surface area contributed by atoms with Crippen LogP contribution < -0.4 is 0 Å². The first-order chi connectivity index (χ1) is 8.52. The van der Waals surface area contributed by atoms with Crippen LogP contribution in [0.25, 0.3) is 0 Å². The molecule has 0 N–H and O–H groups in total. The summed E-state index contributed by atoms with van der Waals surface area (Å²) in [6, 6.07) is 2.83. The Labute approximate surface area is 109 Å². The molecule has 98 valence electrons. The summed E-state index contributed by atoms with van der Waals surface area (Å²) in [6.07, 6.45) is 1.04. The van der Waals surface area contributed by atoms with Crippen LogP contribution in [0.15, 0.2) is 16.3 Å². The fourth-order valence-corrected chi connectivity index (χ4v) is 5.42. The van der Waals surface area contributed by atoms with Crippen molar-refractivity contribution >= 4 is 27.3 Å². The number of esters is 1. The van der Waals surface area contributed by atoms with Crippen molar-refractivity contribution in [3.63, 3.8) is 0 Å². The Kier molecular flexibility index (Phi) is 2.72. The van der Waals surface area contributed by atoms with Gasteiger partial charge in [-0.1, -0.05) is 6.92 Å². The molecule has 0 unspecified atom stereocenters. The van der Waals surface area contributed by atoms with Gasteiger partial charge < -0.3 is 4.74 Å². The van der Waals surface area contributed by atoms with Gasteiger partial charge in [0.05, 0.1) is 6.54 Å². The third-order valence-corrected chi connectivity index (χ3v) is 6.89. The lowest BCUT2D eigenvalue weighted by Gasteiger charge is -2.24. The maximum atomic E-state index is 12.4. The zero-order valence-corrected chi connectivity index (χ0v) is 11.5. The van der Waals surface area contributed by atoms with E-state index in [2.05, 4.69) is 0 Å². The summed E-state index contributed by atoms with van der Waals surface area (Å²) in [5, 5.41) is 0. The molecular formula is C11H13NO4S2. The van der Waals surface area contributed by atoms with Gasteiger partial charge in [-0.15, -0.1) is 11.3 Å². The van der Waals surface area contributed by atoms with Crippen LogP contribution in [-0.2, 0) is 26.0 Å². The number of nitrogens with zero attached hydrogens (tertiary/aromatic N) is 1. The Hall–Kier alpha value is -0.920. The fraction of sp³-hybridized carbons (Fsp3) is 0.545. The largest absolute Gasteiger partial charge is 0.460 e. The number of aryl methyl sites for hydroxylation is 1. The number of hydrogen-bond acceptors (Lipinski definition) is 5. The summed E-state index contributed by atoms with van der Waals surface area (Å²) in [5.74, 6) is -0.415. The van der Waals surface area contributed by atoms with E-state index in [-0.39, 0.29) is 12.6 Å². The Morgan fingerprint density at radius 1 is 1.50 bits per heavy atom. The summed E-state index contributed by atoms with van der Waals surface area (Å²) < 4.78 is 31.5. The third-order valence-electron chi connectivity index (χ3n) is 3.32. The molecule has 2 atom stereocenters. The number of fused-ring (bicyclic) bond motifs is 2. The lowest BCUT2D eigenvalue weighted by Crippen LogP contribution is -2.43. The molecule has 1 aromatic rings. The quantitative estimate of drug-likeness (QED) is 0.778. The van der Waals surface area contributed by atoms with Crippen LogP contribution in [0, 0.1) is 0 Å². The summed E-state index contributed by atoms with van der Waals surface area (Å²) in [6.45, 7) is 2.27. The molecule has 18 heavy (non-hydrogen) atoms. The van der Waals surface area contributed by atoms with Crippen molar-refractivity contribution < 1.29 is 17.9 Å². The van der Waals surface area contributed by atoms with Gasteiger partial charge in [-0.2, -0.15) is 4.31 Å². The molecule has 2 bridgehead atoms. The zero-order chi connectivity index (χ0) is 12.9. The summed E-state index contributed by atoms with van der Waals surface area (Å²) in [7, 11) is -3.54. The molecular weight excluding hydrogens is 274 g/mol. The van der Waals surface area contributed by atoms with Crippen LogP contribution in [0.2, 0.25) is 0 Å². The highest BCUT2D eigenvalue weighted by Gasteiger charge is 2.51. The van der Waals surface area contributed by atoms with Gasteiger partial charge in [-0.05, 0) is 18.6 Å². The molecule has 5 nitrogen and oxygen atoms in total. The van der Waals surface area contributed by atoms with Gasteiger partial charge in [0.2, 0.25) is 0 Å². The number of rotatable bonds is 3. The molecule has 0 radical (unpaired) electrons. The van der Waals surface area contributed by atoms with Gasteiger partial charge in [0, 0.05) is 11.3 Å². The standard InChI is InChI=1S/C11H13NO4S2/c1-2-8-3-4-10(17-8)18(14,15)12-6-7-5-9(12)11(13)16-7/h3-4,7,9H,2,5-6H2,1H3/t7-,9+/m0/s1. The lowest BCUT2D eigenvalue weighted by molar-refractivity contribution is -0.148. The molecule has 1 aromatic heterocycles. The first-order valence-electron chi connectivity index (χ1n) is 5.83. The van der Waals surface area contributed by atoms with E-state index in [4.69, 9.17) is 4.74 Å². The number of ether oxygens (including phenoxy) is 1. The summed E-state index contributed by atoms with van der Waals surface area (Å²) >= 11 is 1.27. The highest BCUT2D eigenvalue weighted by atomic mass is 32.2. The summed E-state index contributed by atoms with van der Waals surface area (Å²) in [4.78, 5) is 12.5. The molecule has 0 aliphatic carbocycles. The van der Waals surface area contributed by atoms with Gasteiger partial charge in [0.15, 0.2) is 0 Å². The number of carbonyl (C=O) groups is 1. The predicted molar refractivity (Wildman–Crippen MR) is 65.9 cm³/mol. The minimum atomic E-state index is -3.54. The third kappa shape index (κ3) is 1.69. The maximum absolute atomic E-state index is 12.4. The number of carbonyl (C=O) groups excluding carboxylic acids is 1. The van der Waals surface area contributed by atoms with Crippen LogP contribution in [-0.4, -0.2) is 37.4 Å². The molecule has 0 aromatic carbocycles. The van der Waals surface area contributed by atoms with Gasteiger partial charge in [-0.3, -0.25) is 4.79 Å². The second-order valence-electron chi connectivity index (χ2n) is 4.46. The van der Waals surface area contributed by atoms with E-state index in [0.29, 0.717) is 10.6 Å². The molecule has 3 heterocycles. The van der Waals surface area contributed by atoms with Crippen molar-refractivity contribution in [1.82, 2.24) is 4.31 Å². The molecule has 2 saturated heterocycles. The predicted octanol–water partition coefficient (Wildman–Crippen LogP) is 0.999. The second kappa shape index (κ2) is 4.04. The molecule has 2 aliphatic rings. The van der Waals surface area contributed by atoms with E-state index >= 15 is 0 Å². The first-order valence-corrected chi connectivity index (χ1v) is 8.09. The maximum Gasteiger partial charge on any atom is 0.324 e. The SMILES string of the molecule is CCc1ccc(S(=O)(=O)N2C[C@@H]3C[C@@H]2C(=O)O3)s1. The highest BCUT2D eigenvalue weighted by molar-refractivity contribution is 7.91. The van der Waals surface area contributed by atoms with Gasteiger partial charge >= 0.3 is 5.97 Å². The molecule has 3 rings (SSSR count). The molecule has 0 saturated carbocycles. The van der Waals surface area contributed by atoms with Crippen LogP contribution in [0.5, 0.6) is 0 Å². The monoisotopic (exact) mass is 287 g/mol. The molecule has 0 amide bonds. The van der Waals surface area contributed by atoms with Crippen LogP contribution in [0.3, 0.4) is 0 Å². The van der Waals surface area contributed by atoms with Crippen LogP contribution in [0.1, 0.15) is 18.2 Å². The minimum absolute atomic E-state index is 0.261. The van der Waals surface area contributed by atoms with Crippen molar-refractivity contribution in [2.75, 3.05) is 6.54 Å². The van der Waals surface area contributed by atoms with Crippen molar-refractivity contribution in [1.29, 1.82) is 0 Å². The molecule has 0 spiro atoms. The first kappa shape index (κ1) is 12.1. The number of morpholine rings is 1. The molecule has 2 aliphatic heterocycles. The minimum Gasteiger partial charge on any atom is -0.460 e. The molecule has 7 heteroatoms. The second-order valence-corrected chi connectivity index (χ2v) is 7.75. The van der Waals surface area contributed by atoms with Crippen LogP contribution >= 0.6 is 11.3 Å². The van der Waals surface area contributed by atoms with Gasteiger partial charge in [0.25, 0.3) is 10.0 Å². The van der Waals surface area contributed by atoms with Crippen molar-refractivity contribution in [2.45, 2.75) is 36.1 Å². The Bertz CT molecular complexity index is 592. The number of thiophene rings is 1.